The zero-order valence-electron chi connectivity index (χ0n) is 12.9. The summed E-state index contributed by atoms with van der Waals surface area (Å²) in [5.74, 6) is 0.538. The number of carbonyl (C=O) groups excluding carboxylic acids is 1. The molecule has 0 bridgehead atoms. The number of aromatic nitrogens is 2. The molecule has 5 nitrogen and oxygen atoms in total. The van der Waals surface area contributed by atoms with Crippen LogP contribution in [0.2, 0.25) is 5.02 Å². The summed E-state index contributed by atoms with van der Waals surface area (Å²) >= 11 is 8.82. The maximum atomic E-state index is 12.3. The summed E-state index contributed by atoms with van der Waals surface area (Å²) in [6, 6.07) is 7.59. The van der Waals surface area contributed by atoms with Crippen molar-refractivity contribution < 1.29 is 4.79 Å². The molecule has 0 saturated carbocycles. The molecule has 0 saturated heterocycles. The first-order valence-electron chi connectivity index (χ1n) is 7.28. The Balaban J connectivity index is 1.60. The number of hydrogen-bond donors (Lipinski definition) is 2. The van der Waals surface area contributed by atoms with Crippen molar-refractivity contribution in [2.45, 2.75) is 13.3 Å². The highest BCUT2D eigenvalue weighted by atomic mass is 35.5. The highest BCUT2D eigenvalue weighted by molar-refractivity contribution is 7.17. The zero-order chi connectivity index (χ0) is 16.9. The van der Waals surface area contributed by atoms with Crippen LogP contribution >= 0.6 is 34.3 Å². The van der Waals surface area contributed by atoms with Crippen LogP contribution in [0, 0.1) is 6.92 Å². The van der Waals surface area contributed by atoms with Crippen molar-refractivity contribution in [2.24, 2.45) is 0 Å². The largest absolute Gasteiger partial charge is 0.351 e. The van der Waals surface area contributed by atoms with E-state index in [1.807, 2.05) is 18.4 Å². The van der Waals surface area contributed by atoms with Gasteiger partial charge >= 0.3 is 0 Å². The van der Waals surface area contributed by atoms with Crippen LogP contribution < -0.4 is 10.6 Å². The Hall–Kier alpha value is -1.96. The molecule has 2 N–H and O–H groups in total. The number of thiophene rings is 1. The molecule has 0 aliphatic rings. The fraction of sp³-hybridized carbons (Fsp3) is 0.188. The molecular weight excluding hydrogens is 364 g/mol. The SMILES string of the molecule is Cc1nc(Nc2ccc(Cl)cn2)sc1C(=O)NCCc1cccs1. The van der Waals surface area contributed by atoms with Gasteiger partial charge in [0.15, 0.2) is 5.13 Å². The predicted octanol–water partition coefficient (Wildman–Crippen LogP) is 4.28. The average molecular weight is 379 g/mol. The molecule has 0 spiro atoms. The number of pyridine rings is 1. The summed E-state index contributed by atoms with van der Waals surface area (Å²) in [6.07, 6.45) is 2.39. The van der Waals surface area contributed by atoms with E-state index in [1.165, 1.54) is 16.2 Å². The first-order valence-corrected chi connectivity index (χ1v) is 9.36. The number of aryl methyl sites for hydroxylation is 1. The molecule has 3 heterocycles. The summed E-state index contributed by atoms with van der Waals surface area (Å²) < 4.78 is 0. The van der Waals surface area contributed by atoms with Gasteiger partial charge in [0.1, 0.15) is 10.7 Å². The minimum absolute atomic E-state index is 0.0985. The lowest BCUT2D eigenvalue weighted by Gasteiger charge is -2.02. The standard InChI is InChI=1S/C16H15ClN4OS2/c1-10-14(15(22)18-7-6-12-3-2-8-23-12)24-16(20-10)21-13-5-4-11(17)9-19-13/h2-5,8-9H,6-7H2,1H3,(H,18,22)(H,19,20,21). The Labute approximate surface area is 152 Å². The fourth-order valence-electron chi connectivity index (χ4n) is 2.05. The molecule has 124 valence electrons. The van der Waals surface area contributed by atoms with Crippen LogP contribution in [0.5, 0.6) is 0 Å². The lowest BCUT2D eigenvalue weighted by molar-refractivity contribution is 0.0957. The molecular formula is C16H15ClN4OS2. The van der Waals surface area contributed by atoms with Gasteiger partial charge in [-0.05, 0) is 36.9 Å². The predicted molar refractivity (Wildman–Crippen MR) is 99.7 cm³/mol. The number of rotatable bonds is 6. The van der Waals surface area contributed by atoms with Crippen molar-refractivity contribution in [3.8, 4) is 0 Å². The van der Waals surface area contributed by atoms with Gasteiger partial charge in [0.05, 0.1) is 10.7 Å². The van der Waals surface area contributed by atoms with Crippen molar-refractivity contribution in [3.05, 3.63) is 56.3 Å². The van der Waals surface area contributed by atoms with Crippen LogP contribution in [0.4, 0.5) is 10.9 Å². The van der Waals surface area contributed by atoms with Crippen LogP contribution in [0.25, 0.3) is 0 Å². The molecule has 0 fully saturated rings. The van der Waals surface area contributed by atoms with Crippen LogP contribution in [-0.4, -0.2) is 22.4 Å². The van der Waals surface area contributed by atoms with Gasteiger partial charge in [-0.3, -0.25) is 4.79 Å². The Bertz CT molecular complexity index is 815. The second-order valence-electron chi connectivity index (χ2n) is 5.01. The molecule has 3 aromatic heterocycles. The minimum atomic E-state index is -0.0985. The van der Waals surface area contributed by atoms with Crippen molar-refractivity contribution in [3.63, 3.8) is 0 Å². The van der Waals surface area contributed by atoms with Crippen molar-refractivity contribution in [1.29, 1.82) is 0 Å². The number of nitrogens with zero attached hydrogens (tertiary/aromatic N) is 2. The number of hydrogen-bond acceptors (Lipinski definition) is 6. The van der Waals surface area contributed by atoms with E-state index >= 15 is 0 Å². The number of nitrogens with one attached hydrogen (secondary N) is 2. The normalized spacial score (nSPS) is 10.6. The quantitative estimate of drug-likeness (QED) is 0.671. The topological polar surface area (TPSA) is 66.9 Å². The molecule has 0 aromatic carbocycles. The molecule has 0 atom stereocenters. The number of halogens is 1. The molecule has 1 amide bonds. The first kappa shape index (κ1) is 16.9. The lowest BCUT2D eigenvalue weighted by Crippen LogP contribution is -2.25. The van der Waals surface area contributed by atoms with Gasteiger partial charge in [0.2, 0.25) is 0 Å². The summed E-state index contributed by atoms with van der Waals surface area (Å²) in [5.41, 5.74) is 0.699. The van der Waals surface area contributed by atoms with Gasteiger partial charge in [0.25, 0.3) is 5.91 Å². The van der Waals surface area contributed by atoms with Gasteiger partial charge in [-0.25, -0.2) is 9.97 Å². The van der Waals surface area contributed by atoms with E-state index < -0.39 is 0 Å². The lowest BCUT2D eigenvalue weighted by atomic mass is 10.3. The third kappa shape index (κ3) is 4.31. The van der Waals surface area contributed by atoms with E-state index in [-0.39, 0.29) is 5.91 Å². The van der Waals surface area contributed by atoms with Crippen molar-refractivity contribution >= 4 is 51.1 Å². The van der Waals surface area contributed by atoms with E-state index in [9.17, 15) is 4.79 Å². The maximum absolute atomic E-state index is 12.3. The van der Waals surface area contributed by atoms with E-state index in [4.69, 9.17) is 11.6 Å². The Kier molecular flexibility index (Phi) is 5.44. The highest BCUT2D eigenvalue weighted by Crippen LogP contribution is 2.25. The minimum Gasteiger partial charge on any atom is -0.351 e. The monoisotopic (exact) mass is 378 g/mol. The molecule has 24 heavy (non-hydrogen) atoms. The number of thiazole rings is 1. The van der Waals surface area contributed by atoms with Gasteiger partial charge < -0.3 is 10.6 Å². The van der Waals surface area contributed by atoms with Gasteiger partial charge in [-0.1, -0.05) is 29.0 Å². The second kappa shape index (κ2) is 7.74. The van der Waals surface area contributed by atoms with Crippen molar-refractivity contribution in [1.82, 2.24) is 15.3 Å². The van der Waals surface area contributed by atoms with Crippen LogP contribution in [0.15, 0.2) is 35.8 Å². The summed E-state index contributed by atoms with van der Waals surface area (Å²) in [4.78, 5) is 22.7. The van der Waals surface area contributed by atoms with Crippen LogP contribution in [0.3, 0.4) is 0 Å². The smallest absolute Gasteiger partial charge is 0.263 e. The van der Waals surface area contributed by atoms with E-state index in [0.717, 1.165) is 6.42 Å². The summed E-state index contributed by atoms with van der Waals surface area (Å²) in [5, 5.41) is 9.26. The Morgan fingerprint density at radius 3 is 2.92 bits per heavy atom. The summed E-state index contributed by atoms with van der Waals surface area (Å²) in [6.45, 7) is 2.43. The van der Waals surface area contributed by atoms with Gasteiger partial charge in [-0.15, -0.1) is 11.3 Å². The molecule has 0 aliphatic heterocycles. The molecule has 0 unspecified atom stereocenters. The third-order valence-electron chi connectivity index (χ3n) is 3.20. The third-order valence-corrected chi connectivity index (χ3v) is 5.43. The molecule has 0 radical (unpaired) electrons. The summed E-state index contributed by atoms with van der Waals surface area (Å²) in [7, 11) is 0. The number of carbonyl (C=O) groups is 1. The molecule has 8 heteroatoms. The molecule has 0 aliphatic carbocycles. The first-order chi connectivity index (χ1) is 11.6. The van der Waals surface area contributed by atoms with Gasteiger partial charge in [0, 0.05) is 17.6 Å². The Morgan fingerprint density at radius 1 is 1.33 bits per heavy atom. The fourth-order valence-corrected chi connectivity index (χ4v) is 3.76. The van der Waals surface area contributed by atoms with E-state index in [2.05, 4.69) is 26.7 Å². The van der Waals surface area contributed by atoms with Crippen LogP contribution in [-0.2, 0) is 6.42 Å². The van der Waals surface area contributed by atoms with Gasteiger partial charge in [-0.2, -0.15) is 0 Å². The van der Waals surface area contributed by atoms with E-state index in [0.29, 0.717) is 33.1 Å². The highest BCUT2D eigenvalue weighted by Gasteiger charge is 2.15. The van der Waals surface area contributed by atoms with Crippen LogP contribution in [0.1, 0.15) is 20.2 Å². The average Bonchev–Trinajstić information content (AvgIpc) is 3.19. The van der Waals surface area contributed by atoms with Crippen molar-refractivity contribution in [2.75, 3.05) is 11.9 Å². The number of anilines is 2. The second-order valence-corrected chi connectivity index (χ2v) is 7.47. The maximum Gasteiger partial charge on any atom is 0.263 e. The Morgan fingerprint density at radius 2 is 2.21 bits per heavy atom. The zero-order valence-corrected chi connectivity index (χ0v) is 15.3. The number of amides is 1. The molecule has 3 aromatic rings. The van der Waals surface area contributed by atoms with E-state index in [1.54, 1.807) is 29.7 Å². The molecule has 3 rings (SSSR count).